The van der Waals surface area contributed by atoms with Crippen LogP contribution in [0.1, 0.15) is 18.5 Å². The van der Waals surface area contributed by atoms with Crippen LogP contribution in [-0.4, -0.2) is 13.4 Å². The van der Waals surface area contributed by atoms with Gasteiger partial charge in [0.2, 0.25) is 10.0 Å². The van der Waals surface area contributed by atoms with Gasteiger partial charge in [0, 0.05) is 18.4 Å². The number of nitrogens with zero attached hydrogens (tertiary/aromatic N) is 1. The van der Waals surface area contributed by atoms with E-state index < -0.39 is 27.7 Å². The Kier molecular flexibility index (Phi) is 4.55. The van der Waals surface area contributed by atoms with Crippen LogP contribution in [0.2, 0.25) is 5.02 Å². The van der Waals surface area contributed by atoms with E-state index in [1.165, 1.54) is 25.3 Å². The SMILES string of the molecule is CC(NS(=O)(=O)c1cnccc1Cl)c1ccc(F)c(F)c1. The third-order valence-electron chi connectivity index (χ3n) is 2.80. The molecule has 0 aliphatic carbocycles. The van der Waals surface area contributed by atoms with Gasteiger partial charge in [-0.1, -0.05) is 17.7 Å². The third-order valence-corrected chi connectivity index (χ3v) is 4.81. The van der Waals surface area contributed by atoms with Crippen molar-refractivity contribution in [2.24, 2.45) is 0 Å². The second-order valence-electron chi connectivity index (χ2n) is 4.32. The van der Waals surface area contributed by atoms with Gasteiger partial charge in [-0.15, -0.1) is 0 Å². The van der Waals surface area contributed by atoms with Gasteiger partial charge in [-0.3, -0.25) is 4.98 Å². The first-order valence-corrected chi connectivity index (χ1v) is 7.74. The third kappa shape index (κ3) is 3.55. The second kappa shape index (κ2) is 6.05. The molecule has 112 valence electrons. The highest BCUT2D eigenvalue weighted by Gasteiger charge is 2.21. The lowest BCUT2D eigenvalue weighted by atomic mass is 10.1. The first-order chi connectivity index (χ1) is 9.81. The molecule has 0 radical (unpaired) electrons. The van der Waals surface area contributed by atoms with Crippen LogP contribution in [0.15, 0.2) is 41.6 Å². The van der Waals surface area contributed by atoms with E-state index in [1.54, 1.807) is 0 Å². The van der Waals surface area contributed by atoms with E-state index in [0.717, 1.165) is 18.3 Å². The number of hydrogen-bond donors (Lipinski definition) is 1. The zero-order valence-electron chi connectivity index (χ0n) is 10.8. The molecule has 4 nitrogen and oxygen atoms in total. The summed E-state index contributed by atoms with van der Waals surface area (Å²) in [6, 6.07) is 3.76. The summed E-state index contributed by atoms with van der Waals surface area (Å²) in [4.78, 5) is 3.52. The number of benzene rings is 1. The molecule has 1 unspecified atom stereocenters. The maximum absolute atomic E-state index is 13.2. The quantitative estimate of drug-likeness (QED) is 0.936. The molecule has 2 aromatic rings. The highest BCUT2D eigenvalue weighted by Crippen LogP contribution is 2.22. The van der Waals surface area contributed by atoms with E-state index in [2.05, 4.69) is 9.71 Å². The van der Waals surface area contributed by atoms with Crippen LogP contribution in [0, 0.1) is 11.6 Å². The molecule has 21 heavy (non-hydrogen) atoms. The summed E-state index contributed by atoms with van der Waals surface area (Å²) in [5.41, 5.74) is 0.289. The summed E-state index contributed by atoms with van der Waals surface area (Å²) in [5.74, 6) is -2.04. The maximum atomic E-state index is 13.2. The molecular weight excluding hydrogens is 322 g/mol. The molecule has 0 fully saturated rings. The molecule has 1 atom stereocenters. The van der Waals surface area contributed by atoms with Crippen molar-refractivity contribution in [2.45, 2.75) is 17.9 Å². The lowest BCUT2D eigenvalue weighted by molar-refractivity contribution is 0.504. The summed E-state index contributed by atoms with van der Waals surface area (Å²) >= 11 is 5.82. The van der Waals surface area contributed by atoms with Crippen LogP contribution in [0.5, 0.6) is 0 Å². The highest BCUT2D eigenvalue weighted by atomic mass is 35.5. The van der Waals surface area contributed by atoms with Gasteiger partial charge < -0.3 is 0 Å². The van der Waals surface area contributed by atoms with Crippen LogP contribution >= 0.6 is 11.6 Å². The Bertz CT molecular complexity index is 769. The van der Waals surface area contributed by atoms with Crippen LogP contribution in [0.3, 0.4) is 0 Å². The zero-order chi connectivity index (χ0) is 15.6. The van der Waals surface area contributed by atoms with E-state index in [1.807, 2.05) is 0 Å². The average Bonchev–Trinajstić information content (AvgIpc) is 2.41. The summed E-state index contributed by atoms with van der Waals surface area (Å²) in [5, 5.41) is 0.0231. The number of pyridine rings is 1. The van der Waals surface area contributed by atoms with Crippen LogP contribution in [0.25, 0.3) is 0 Å². The van der Waals surface area contributed by atoms with E-state index >= 15 is 0 Å². The Morgan fingerprint density at radius 2 is 1.95 bits per heavy atom. The van der Waals surface area contributed by atoms with Crippen LogP contribution in [0.4, 0.5) is 8.78 Å². The smallest absolute Gasteiger partial charge is 0.244 e. The Labute approximate surface area is 125 Å². The van der Waals surface area contributed by atoms with Crippen molar-refractivity contribution in [1.29, 1.82) is 0 Å². The number of nitrogens with one attached hydrogen (secondary N) is 1. The van der Waals surface area contributed by atoms with Gasteiger partial charge in [-0.2, -0.15) is 0 Å². The van der Waals surface area contributed by atoms with E-state index in [9.17, 15) is 17.2 Å². The molecule has 0 spiro atoms. The summed E-state index contributed by atoms with van der Waals surface area (Å²) in [7, 11) is -3.92. The predicted octanol–water partition coefficient (Wildman–Crippen LogP) is 3.05. The number of aromatic nitrogens is 1. The number of halogens is 3. The van der Waals surface area contributed by atoms with Gasteiger partial charge in [-0.25, -0.2) is 21.9 Å². The first kappa shape index (κ1) is 15.8. The number of rotatable bonds is 4. The second-order valence-corrected chi connectivity index (χ2v) is 6.41. The molecule has 8 heteroatoms. The molecule has 0 aliphatic rings. The van der Waals surface area contributed by atoms with Crippen molar-refractivity contribution in [1.82, 2.24) is 9.71 Å². The lowest BCUT2D eigenvalue weighted by Crippen LogP contribution is -2.27. The Hall–Kier alpha value is -1.57. The van der Waals surface area contributed by atoms with Gasteiger partial charge in [-0.05, 0) is 30.7 Å². The Morgan fingerprint density at radius 1 is 1.24 bits per heavy atom. The van der Waals surface area contributed by atoms with Crippen molar-refractivity contribution < 1.29 is 17.2 Å². The monoisotopic (exact) mass is 332 g/mol. The minimum atomic E-state index is -3.92. The summed E-state index contributed by atoms with van der Waals surface area (Å²) in [6.07, 6.45) is 2.47. The highest BCUT2D eigenvalue weighted by molar-refractivity contribution is 7.89. The number of sulfonamides is 1. The molecular formula is C13H11ClF2N2O2S. The number of hydrogen-bond acceptors (Lipinski definition) is 3. The van der Waals surface area contributed by atoms with Crippen molar-refractivity contribution in [3.63, 3.8) is 0 Å². The van der Waals surface area contributed by atoms with Crippen LogP contribution in [-0.2, 0) is 10.0 Å². The molecule has 0 saturated carbocycles. The first-order valence-electron chi connectivity index (χ1n) is 5.88. The predicted molar refractivity (Wildman–Crippen MR) is 74.3 cm³/mol. The fourth-order valence-electron chi connectivity index (χ4n) is 1.71. The molecule has 0 amide bonds. The van der Waals surface area contributed by atoms with Gasteiger partial charge in [0.15, 0.2) is 11.6 Å². The van der Waals surface area contributed by atoms with Gasteiger partial charge in [0.05, 0.1) is 5.02 Å². The fraction of sp³-hybridized carbons (Fsp3) is 0.154. The van der Waals surface area contributed by atoms with E-state index in [0.29, 0.717) is 0 Å². The van der Waals surface area contributed by atoms with Crippen molar-refractivity contribution in [3.8, 4) is 0 Å². The maximum Gasteiger partial charge on any atom is 0.244 e. The minimum Gasteiger partial charge on any atom is -0.263 e. The molecule has 0 aliphatic heterocycles. The van der Waals surface area contributed by atoms with Crippen LogP contribution < -0.4 is 4.72 Å². The fourth-order valence-corrected chi connectivity index (χ4v) is 3.37. The minimum absolute atomic E-state index is 0.0231. The Morgan fingerprint density at radius 3 is 2.57 bits per heavy atom. The molecule has 1 aromatic carbocycles. The van der Waals surface area contributed by atoms with Crippen molar-refractivity contribution >= 4 is 21.6 Å². The van der Waals surface area contributed by atoms with Gasteiger partial charge in [0.1, 0.15) is 4.90 Å². The molecule has 1 N–H and O–H groups in total. The van der Waals surface area contributed by atoms with Crippen molar-refractivity contribution in [2.75, 3.05) is 0 Å². The van der Waals surface area contributed by atoms with Gasteiger partial charge in [0.25, 0.3) is 0 Å². The molecule has 1 heterocycles. The zero-order valence-corrected chi connectivity index (χ0v) is 12.4. The standard InChI is InChI=1S/C13H11ClF2N2O2S/c1-8(9-2-3-11(15)12(16)6-9)18-21(19,20)13-7-17-5-4-10(13)14/h2-8,18H,1H3. The lowest BCUT2D eigenvalue weighted by Gasteiger charge is -2.15. The van der Waals surface area contributed by atoms with Crippen molar-refractivity contribution in [3.05, 3.63) is 58.9 Å². The Balaban J connectivity index is 2.28. The summed E-state index contributed by atoms with van der Waals surface area (Å²) < 4.78 is 52.8. The molecule has 2 rings (SSSR count). The van der Waals surface area contributed by atoms with E-state index in [-0.39, 0.29) is 15.5 Å². The van der Waals surface area contributed by atoms with E-state index in [4.69, 9.17) is 11.6 Å². The average molecular weight is 333 g/mol. The van der Waals surface area contributed by atoms with Gasteiger partial charge >= 0.3 is 0 Å². The normalized spacial score (nSPS) is 13.1. The summed E-state index contributed by atoms with van der Waals surface area (Å²) in [6.45, 7) is 1.51. The molecule has 1 aromatic heterocycles. The molecule has 0 saturated heterocycles. The topological polar surface area (TPSA) is 59.1 Å². The largest absolute Gasteiger partial charge is 0.263 e. The molecule has 0 bridgehead atoms.